The Labute approximate surface area is 147 Å². The van der Waals surface area contributed by atoms with E-state index in [1.165, 1.54) is 12.7 Å². The van der Waals surface area contributed by atoms with Crippen LogP contribution in [-0.2, 0) is 19.9 Å². The van der Waals surface area contributed by atoms with Crippen molar-refractivity contribution in [2.75, 3.05) is 13.7 Å². The van der Waals surface area contributed by atoms with Crippen LogP contribution in [0.4, 0.5) is 5.69 Å². The van der Waals surface area contributed by atoms with Crippen molar-refractivity contribution < 1.29 is 9.66 Å². The summed E-state index contributed by atoms with van der Waals surface area (Å²) >= 11 is 0. The van der Waals surface area contributed by atoms with Gasteiger partial charge in [-0.1, -0.05) is 0 Å². The third-order valence-corrected chi connectivity index (χ3v) is 4.74. The molecule has 1 atom stereocenters. The number of aryl methyl sites for hydroxylation is 3. The number of methoxy groups -OCH3 is 1. The summed E-state index contributed by atoms with van der Waals surface area (Å²) in [4.78, 5) is 10.9. The number of ether oxygens (including phenoxy) is 1. The molecule has 0 fully saturated rings. The SMILES string of the molecule is COc1cc2c(cc1[N+](=O)[O-])[C@H](NCCCc1cnn(C)c1)CCC2. The highest BCUT2D eigenvalue weighted by molar-refractivity contribution is 5.53. The molecule has 0 saturated heterocycles. The molecule has 1 aliphatic carbocycles. The number of nitrogens with zero attached hydrogens (tertiary/aromatic N) is 3. The smallest absolute Gasteiger partial charge is 0.311 e. The van der Waals surface area contributed by atoms with Crippen molar-refractivity contribution >= 4 is 5.69 Å². The molecule has 25 heavy (non-hydrogen) atoms. The summed E-state index contributed by atoms with van der Waals surface area (Å²) in [6.45, 7) is 0.874. The van der Waals surface area contributed by atoms with E-state index < -0.39 is 0 Å². The molecule has 0 unspecified atom stereocenters. The van der Waals surface area contributed by atoms with E-state index in [4.69, 9.17) is 4.74 Å². The molecule has 1 aromatic carbocycles. The molecular weight excluding hydrogens is 320 g/mol. The molecule has 1 N–H and O–H groups in total. The molecule has 1 aromatic heterocycles. The molecule has 2 aromatic rings. The Morgan fingerprint density at radius 3 is 3.00 bits per heavy atom. The van der Waals surface area contributed by atoms with Gasteiger partial charge in [0.2, 0.25) is 0 Å². The third kappa shape index (κ3) is 3.99. The van der Waals surface area contributed by atoms with E-state index >= 15 is 0 Å². The number of nitrogens with one attached hydrogen (secondary N) is 1. The number of hydrogen-bond donors (Lipinski definition) is 1. The van der Waals surface area contributed by atoms with Gasteiger partial charge in [-0.25, -0.2) is 0 Å². The quantitative estimate of drug-likeness (QED) is 0.474. The minimum atomic E-state index is -0.368. The standard InChI is InChI=1S/C18H24N4O3/c1-21-12-13(11-20-21)5-4-8-19-16-7-3-6-14-9-18(25-2)17(22(23)24)10-15(14)16/h9-12,16,19H,3-8H2,1-2H3/t16-/m1/s1. The van der Waals surface area contributed by atoms with Gasteiger partial charge in [-0.05, 0) is 61.4 Å². The Morgan fingerprint density at radius 1 is 1.48 bits per heavy atom. The van der Waals surface area contributed by atoms with E-state index in [1.54, 1.807) is 6.07 Å². The van der Waals surface area contributed by atoms with E-state index in [2.05, 4.69) is 10.4 Å². The van der Waals surface area contributed by atoms with Gasteiger partial charge in [0.1, 0.15) is 0 Å². The first-order valence-electron chi connectivity index (χ1n) is 8.64. The zero-order valence-electron chi connectivity index (χ0n) is 14.7. The van der Waals surface area contributed by atoms with E-state index in [0.717, 1.165) is 49.8 Å². The van der Waals surface area contributed by atoms with Gasteiger partial charge in [0.25, 0.3) is 0 Å². The van der Waals surface area contributed by atoms with Crippen LogP contribution in [0.25, 0.3) is 0 Å². The van der Waals surface area contributed by atoms with E-state index in [1.807, 2.05) is 30.2 Å². The molecule has 3 rings (SSSR count). The zero-order chi connectivity index (χ0) is 17.8. The number of nitro benzene ring substituents is 1. The first-order valence-corrected chi connectivity index (χ1v) is 8.64. The molecule has 0 amide bonds. The van der Waals surface area contributed by atoms with Gasteiger partial charge in [0.05, 0.1) is 18.2 Å². The van der Waals surface area contributed by atoms with Crippen molar-refractivity contribution in [3.05, 3.63) is 51.3 Å². The molecule has 0 saturated carbocycles. The maximum absolute atomic E-state index is 11.3. The lowest BCUT2D eigenvalue weighted by atomic mass is 9.87. The van der Waals surface area contributed by atoms with Crippen molar-refractivity contribution in [3.63, 3.8) is 0 Å². The summed E-state index contributed by atoms with van der Waals surface area (Å²) in [7, 11) is 3.40. The van der Waals surface area contributed by atoms with Gasteiger partial charge >= 0.3 is 5.69 Å². The zero-order valence-corrected chi connectivity index (χ0v) is 14.7. The molecule has 7 heteroatoms. The van der Waals surface area contributed by atoms with Gasteiger partial charge < -0.3 is 10.1 Å². The van der Waals surface area contributed by atoms with Crippen LogP contribution in [0.15, 0.2) is 24.5 Å². The molecular formula is C18H24N4O3. The highest BCUT2D eigenvalue weighted by Crippen LogP contribution is 2.37. The van der Waals surface area contributed by atoms with Crippen LogP contribution in [0, 0.1) is 10.1 Å². The number of aromatic nitrogens is 2. The average Bonchev–Trinajstić information content (AvgIpc) is 3.02. The fraction of sp³-hybridized carbons (Fsp3) is 0.500. The Bertz CT molecular complexity index is 757. The Kier molecular flexibility index (Phi) is 5.33. The minimum Gasteiger partial charge on any atom is -0.490 e. The maximum Gasteiger partial charge on any atom is 0.311 e. The van der Waals surface area contributed by atoms with Crippen LogP contribution in [-0.4, -0.2) is 28.4 Å². The van der Waals surface area contributed by atoms with Crippen molar-refractivity contribution in [2.45, 2.75) is 38.1 Å². The number of benzene rings is 1. The summed E-state index contributed by atoms with van der Waals surface area (Å²) in [5, 5.41) is 19.0. The molecule has 0 bridgehead atoms. The number of hydrogen-bond acceptors (Lipinski definition) is 5. The third-order valence-electron chi connectivity index (χ3n) is 4.74. The molecule has 0 radical (unpaired) electrons. The van der Waals surface area contributed by atoms with Gasteiger partial charge in [-0.2, -0.15) is 5.10 Å². The minimum absolute atomic E-state index is 0.0466. The Morgan fingerprint density at radius 2 is 2.32 bits per heavy atom. The van der Waals surface area contributed by atoms with Crippen LogP contribution in [0.5, 0.6) is 5.75 Å². The van der Waals surface area contributed by atoms with Gasteiger partial charge in [0.15, 0.2) is 5.75 Å². The van der Waals surface area contributed by atoms with Crippen LogP contribution in [0.2, 0.25) is 0 Å². The van der Waals surface area contributed by atoms with E-state index in [9.17, 15) is 10.1 Å². The summed E-state index contributed by atoms with van der Waals surface area (Å²) in [5.41, 5.74) is 3.47. The monoisotopic (exact) mass is 344 g/mol. The second kappa shape index (κ2) is 7.65. The average molecular weight is 344 g/mol. The molecule has 134 valence electrons. The summed E-state index contributed by atoms with van der Waals surface area (Å²) < 4.78 is 7.00. The van der Waals surface area contributed by atoms with Crippen LogP contribution < -0.4 is 10.1 Å². The largest absolute Gasteiger partial charge is 0.490 e. The lowest BCUT2D eigenvalue weighted by Crippen LogP contribution is -2.26. The molecule has 7 nitrogen and oxygen atoms in total. The first kappa shape index (κ1) is 17.4. The summed E-state index contributed by atoms with van der Waals surface area (Å²) in [6.07, 6.45) is 8.94. The van der Waals surface area contributed by atoms with Crippen molar-refractivity contribution in [3.8, 4) is 5.75 Å². The van der Waals surface area contributed by atoms with Crippen molar-refractivity contribution in [2.24, 2.45) is 7.05 Å². The van der Waals surface area contributed by atoms with Crippen LogP contribution >= 0.6 is 0 Å². The van der Waals surface area contributed by atoms with Gasteiger partial charge in [-0.15, -0.1) is 0 Å². The van der Waals surface area contributed by atoms with Crippen molar-refractivity contribution in [1.82, 2.24) is 15.1 Å². The number of fused-ring (bicyclic) bond motifs is 1. The molecule has 0 aliphatic heterocycles. The lowest BCUT2D eigenvalue weighted by molar-refractivity contribution is -0.385. The van der Waals surface area contributed by atoms with Gasteiger partial charge in [-0.3, -0.25) is 14.8 Å². The van der Waals surface area contributed by atoms with Crippen LogP contribution in [0.3, 0.4) is 0 Å². The first-order chi connectivity index (χ1) is 12.1. The molecule has 1 heterocycles. The normalized spacial score (nSPS) is 16.5. The Balaban J connectivity index is 1.66. The Hall–Kier alpha value is -2.41. The summed E-state index contributed by atoms with van der Waals surface area (Å²) in [6, 6.07) is 3.69. The predicted octanol–water partition coefficient (Wildman–Crippen LogP) is 2.94. The number of nitro groups is 1. The van der Waals surface area contributed by atoms with Gasteiger partial charge in [0, 0.05) is 25.4 Å². The van der Waals surface area contributed by atoms with E-state index in [0.29, 0.717) is 5.75 Å². The second-order valence-electron chi connectivity index (χ2n) is 6.50. The fourth-order valence-electron chi connectivity index (χ4n) is 3.51. The van der Waals surface area contributed by atoms with Crippen molar-refractivity contribution in [1.29, 1.82) is 0 Å². The lowest BCUT2D eigenvalue weighted by Gasteiger charge is -2.27. The highest BCUT2D eigenvalue weighted by Gasteiger charge is 2.26. The van der Waals surface area contributed by atoms with E-state index in [-0.39, 0.29) is 16.7 Å². The molecule has 0 spiro atoms. The summed E-state index contributed by atoms with van der Waals surface area (Å²) in [5.74, 6) is 0.348. The number of rotatable bonds is 7. The van der Waals surface area contributed by atoms with Crippen LogP contribution in [0.1, 0.15) is 42.0 Å². The topological polar surface area (TPSA) is 82.2 Å². The second-order valence-corrected chi connectivity index (χ2v) is 6.50. The predicted molar refractivity (Wildman–Crippen MR) is 94.9 cm³/mol. The maximum atomic E-state index is 11.3. The fourth-order valence-corrected chi connectivity index (χ4v) is 3.51. The highest BCUT2D eigenvalue weighted by atomic mass is 16.6. The molecule has 1 aliphatic rings.